The van der Waals surface area contributed by atoms with Crippen molar-refractivity contribution in [3.8, 4) is 6.07 Å². The van der Waals surface area contributed by atoms with Gasteiger partial charge in [0.1, 0.15) is 11.1 Å². The molecule has 0 bridgehead atoms. The van der Waals surface area contributed by atoms with Crippen molar-refractivity contribution in [2.45, 2.75) is 47.0 Å². The van der Waals surface area contributed by atoms with E-state index in [2.05, 4.69) is 18.3 Å². The maximum Gasteiger partial charge on any atom is 0.339 e. The van der Waals surface area contributed by atoms with Gasteiger partial charge in [0.2, 0.25) is 0 Å². The highest BCUT2D eigenvalue weighted by molar-refractivity contribution is 7.16. The van der Waals surface area contributed by atoms with E-state index in [9.17, 15) is 14.9 Å². The minimum atomic E-state index is -0.509. The van der Waals surface area contributed by atoms with Gasteiger partial charge >= 0.3 is 5.97 Å². The van der Waals surface area contributed by atoms with Crippen LogP contribution < -0.4 is 5.32 Å². The van der Waals surface area contributed by atoms with Gasteiger partial charge in [-0.25, -0.2) is 4.79 Å². The van der Waals surface area contributed by atoms with E-state index < -0.39 is 11.9 Å². The lowest BCUT2D eigenvalue weighted by atomic mass is 9.89. The Morgan fingerprint density at radius 2 is 1.96 bits per heavy atom. The lowest BCUT2D eigenvalue weighted by Gasteiger charge is -2.17. The van der Waals surface area contributed by atoms with Gasteiger partial charge in [-0.3, -0.25) is 4.79 Å². The predicted octanol–water partition coefficient (Wildman–Crippen LogP) is 4.47. The number of carbonyl (C=O) groups is 2. The van der Waals surface area contributed by atoms with Crippen LogP contribution in [0.3, 0.4) is 0 Å². The average Bonchev–Trinajstić information content (AvgIpc) is 2.94. The first-order chi connectivity index (χ1) is 13.3. The van der Waals surface area contributed by atoms with Crippen molar-refractivity contribution < 1.29 is 14.3 Å². The first-order valence-corrected chi connectivity index (χ1v) is 10.2. The van der Waals surface area contributed by atoms with Crippen LogP contribution in [0.5, 0.6) is 0 Å². The Balaban J connectivity index is 1.67. The molecule has 0 fully saturated rings. The van der Waals surface area contributed by atoms with E-state index in [0.717, 1.165) is 41.5 Å². The summed E-state index contributed by atoms with van der Waals surface area (Å²) in [7, 11) is 0. The molecule has 1 aliphatic rings. The van der Waals surface area contributed by atoms with Gasteiger partial charge in [0.05, 0.1) is 11.1 Å². The number of rotatable bonds is 4. The van der Waals surface area contributed by atoms with Crippen LogP contribution in [0.25, 0.3) is 0 Å². The molecule has 1 aromatic carbocycles. The van der Waals surface area contributed by atoms with E-state index in [0.29, 0.717) is 22.0 Å². The summed E-state index contributed by atoms with van der Waals surface area (Å²) in [5.41, 5.74) is 4.84. The van der Waals surface area contributed by atoms with Gasteiger partial charge in [-0.1, -0.05) is 24.6 Å². The maximum atomic E-state index is 12.4. The minimum Gasteiger partial charge on any atom is -0.452 e. The molecule has 1 heterocycles. The second-order valence-corrected chi connectivity index (χ2v) is 8.67. The van der Waals surface area contributed by atoms with Crippen molar-refractivity contribution in [1.29, 1.82) is 5.26 Å². The van der Waals surface area contributed by atoms with Crippen molar-refractivity contribution >= 4 is 28.2 Å². The third kappa shape index (κ3) is 4.10. The molecule has 146 valence electrons. The summed E-state index contributed by atoms with van der Waals surface area (Å²) in [6.07, 6.45) is 2.86. The van der Waals surface area contributed by atoms with Crippen LogP contribution in [0.4, 0.5) is 5.00 Å². The molecule has 2 aromatic rings. The summed E-state index contributed by atoms with van der Waals surface area (Å²) < 4.78 is 5.23. The van der Waals surface area contributed by atoms with Gasteiger partial charge in [0, 0.05) is 4.88 Å². The standard InChI is InChI=1S/C22H24N2O3S/c1-12-5-6-16-17(10-23)21(28-18(16)9-12)24-19(25)11-27-22(26)20-14(3)7-13(2)8-15(20)4/h7-8,12H,5-6,9,11H2,1-4H3,(H,24,25). The zero-order valence-electron chi connectivity index (χ0n) is 16.6. The number of anilines is 1. The Hall–Kier alpha value is -2.65. The molecular formula is C22H24N2O3S. The monoisotopic (exact) mass is 396 g/mol. The molecule has 0 aliphatic heterocycles. The number of esters is 1. The second kappa shape index (κ2) is 8.15. The highest BCUT2D eigenvalue weighted by Crippen LogP contribution is 2.39. The summed E-state index contributed by atoms with van der Waals surface area (Å²) in [5, 5.41) is 12.8. The number of nitriles is 1. The zero-order valence-corrected chi connectivity index (χ0v) is 17.5. The molecule has 0 radical (unpaired) electrons. The van der Waals surface area contributed by atoms with Gasteiger partial charge in [-0.05, 0) is 62.6 Å². The molecule has 0 spiro atoms. The van der Waals surface area contributed by atoms with Gasteiger partial charge in [-0.15, -0.1) is 11.3 Å². The maximum absolute atomic E-state index is 12.4. The van der Waals surface area contributed by atoms with Crippen LogP contribution in [0.2, 0.25) is 0 Å². The molecular weight excluding hydrogens is 372 g/mol. The largest absolute Gasteiger partial charge is 0.452 e. The Labute approximate surface area is 169 Å². The van der Waals surface area contributed by atoms with E-state index in [1.54, 1.807) is 0 Å². The number of fused-ring (bicyclic) bond motifs is 1. The smallest absolute Gasteiger partial charge is 0.339 e. The summed E-state index contributed by atoms with van der Waals surface area (Å²) in [4.78, 5) is 25.9. The third-order valence-corrected chi connectivity index (χ3v) is 6.26. The van der Waals surface area contributed by atoms with Crippen molar-refractivity contribution in [2.24, 2.45) is 5.92 Å². The fourth-order valence-corrected chi connectivity index (χ4v) is 5.20. The van der Waals surface area contributed by atoms with Gasteiger partial charge in [0.25, 0.3) is 5.91 Å². The number of nitrogens with zero attached hydrogens (tertiary/aromatic N) is 1. The molecule has 28 heavy (non-hydrogen) atoms. The number of ether oxygens (including phenoxy) is 1. The number of benzene rings is 1. The van der Waals surface area contributed by atoms with Crippen molar-refractivity contribution in [3.63, 3.8) is 0 Å². The van der Waals surface area contributed by atoms with E-state index in [-0.39, 0.29) is 6.61 Å². The molecule has 1 unspecified atom stereocenters. The zero-order chi connectivity index (χ0) is 20.4. The van der Waals surface area contributed by atoms with Crippen LogP contribution in [0, 0.1) is 38.0 Å². The number of carbonyl (C=O) groups excluding carboxylic acids is 2. The first kappa shape index (κ1) is 20.1. The Morgan fingerprint density at radius 1 is 1.29 bits per heavy atom. The van der Waals surface area contributed by atoms with Gasteiger partial charge < -0.3 is 10.1 Å². The predicted molar refractivity (Wildman–Crippen MR) is 110 cm³/mol. The van der Waals surface area contributed by atoms with Gasteiger partial charge in [0.15, 0.2) is 6.61 Å². The molecule has 0 saturated heterocycles. The SMILES string of the molecule is Cc1cc(C)c(C(=O)OCC(=O)Nc2sc3c(c2C#N)CCC(C)C3)c(C)c1. The molecule has 1 amide bonds. The second-order valence-electron chi connectivity index (χ2n) is 7.57. The fraction of sp³-hybridized carbons (Fsp3) is 0.409. The van der Waals surface area contributed by atoms with E-state index in [1.165, 1.54) is 16.2 Å². The highest BCUT2D eigenvalue weighted by atomic mass is 32.1. The third-order valence-electron chi connectivity index (χ3n) is 5.09. The van der Waals surface area contributed by atoms with Crippen LogP contribution in [0.15, 0.2) is 12.1 Å². The quantitative estimate of drug-likeness (QED) is 0.774. The van der Waals surface area contributed by atoms with Gasteiger partial charge in [-0.2, -0.15) is 5.26 Å². The average molecular weight is 397 g/mol. The van der Waals surface area contributed by atoms with E-state index in [4.69, 9.17) is 4.74 Å². The molecule has 6 heteroatoms. The van der Waals surface area contributed by atoms with Crippen LogP contribution in [-0.2, 0) is 22.4 Å². The minimum absolute atomic E-state index is 0.380. The number of thiophene rings is 1. The lowest BCUT2D eigenvalue weighted by Crippen LogP contribution is -2.21. The molecule has 1 aromatic heterocycles. The number of hydrogen-bond donors (Lipinski definition) is 1. The van der Waals surface area contributed by atoms with Crippen LogP contribution in [0.1, 0.15) is 56.4 Å². The van der Waals surface area contributed by atoms with E-state index >= 15 is 0 Å². The van der Waals surface area contributed by atoms with Crippen molar-refractivity contribution in [1.82, 2.24) is 0 Å². The summed E-state index contributed by atoms with van der Waals surface area (Å²) in [5.74, 6) is -0.355. The summed E-state index contributed by atoms with van der Waals surface area (Å²) in [6, 6.07) is 6.06. The molecule has 1 atom stereocenters. The van der Waals surface area contributed by atoms with Crippen molar-refractivity contribution in [2.75, 3.05) is 11.9 Å². The number of nitrogens with one attached hydrogen (secondary N) is 1. The normalized spacial score (nSPS) is 15.5. The van der Waals surface area contributed by atoms with E-state index in [1.807, 2.05) is 32.9 Å². The molecule has 0 saturated carbocycles. The number of hydrogen-bond acceptors (Lipinski definition) is 5. The number of amides is 1. The summed E-state index contributed by atoms with van der Waals surface area (Å²) in [6.45, 7) is 7.49. The lowest BCUT2D eigenvalue weighted by molar-refractivity contribution is -0.119. The summed E-state index contributed by atoms with van der Waals surface area (Å²) >= 11 is 1.46. The number of aryl methyl sites for hydroxylation is 3. The Bertz CT molecular complexity index is 961. The van der Waals surface area contributed by atoms with Crippen molar-refractivity contribution in [3.05, 3.63) is 50.4 Å². The first-order valence-electron chi connectivity index (χ1n) is 9.39. The van der Waals surface area contributed by atoms with Crippen LogP contribution in [-0.4, -0.2) is 18.5 Å². The molecule has 3 rings (SSSR count). The van der Waals surface area contributed by atoms with Crippen LogP contribution >= 0.6 is 11.3 Å². The Kier molecular flexibility index (Phi) is 5.85. The molecule has 1 N–H and O–H groups in total. The topological polar surface area (TPSA) is 79.2 Å². The Morgan fingerprint density at radius 3 is 2.61 bits per heavy atom. The molecule has 1 aliphatic carbocycles. The fourth-order valence-electron chi connectivity index (χ4n) is 3.83. The highest BCUT2D eigenvalue weighted by Gasteiger charge is 2.25. The molecule has 5 nitrogen and oxygen atoms in total.